The summed E-state index contributed by atoms with van der Waals surface area (Å²) in [7, 11) is 0. The Morgan fingerprint density at radius 3 is 1.85 bits per heavy atom. The number of nitrogens with two attached hydrogens (primary N) is 1. The summed E-state index contributed by atoms with van der Waals surface area (Å²) in [5.74, 6) is -1.26. The zero-order chi connectivity index (χ0) is 9.99. The number of hydrogen-bond donors (Lipinski definition) is 2. The second-order valence-electron chi connectivity index (χ2n) is 2.73. The van der Waals surface area contributed by atoms with Crippen LogP contribution in [0.3, 0.4) is 0 Å². The first kappa shape index (κ1) is 14.5. The van der Waals surface area contributed by atoms with E-state index in [-0.39, 0.29) is 25.0 Å². The average Bonchev–Trinajstić information content (AvgIpc) is 2.35. The van der Waals surface area contributed by atoms with Gasteiger partial charge in [0.2, 0.25) is 0 Å². The number of carbonyl (C=O) groups excluding carboxylic acids is 2. The van der Waals surface area contributed by atoms with Crippen LogP contribution in [0, 0.1) is 0 Å². The highest BCUT2D eigenvalue weighted by Gasteiger charge is 2.69. The molecule has 1 aliphatic rings. The molecule has 0 saturated heterocycles. The van der Waals surface area contributed by atoms with Gasteiger partial charge in [-0.15, -0.1) is 12.4 Å². The van der Waals surface area contributed by atoms with Crippen molar-refractivity contribution in [2.75, 3.05) is 0 Å². The van der Waals surface area contributed by atoms with Crippen molar-refractivity contribution < 1.29 is 23.9 Å². The van der Waals surface area contributed by atoms with Crippen LogP contribution in [0.5, 0.6) is 0 Å². The second kappa shape index (κ2) is 4.32. The number of carboxylic acids is 1. The average molecular weight is 214 g/mol. The van der Waals surface area contributed by atoms with Crippen LogP contribution in [0.15, 0.2) is 0 Å². The molecule has 0 radical (unpaired) electrons. The fourth-order valence-electron chi connectivity index (χ4n) is 0.778. The fourth-order valence-corrected chi connectivity index (χ4v) is 0.778. The summed E-state index contributed by atoms with van der Waals surface area (Å²) in [6.07, 6.45) is 0.176. The number of rotatable bonds is 1. The molecular weight excluding hydrogens is 205 g/mol. The van der Waals surface area contributed by atoms with Crippen LogP contribution in [0.4, 0.5) is 4.39 Å². The Morgan fingerprint density at radius 1 is 1.62 bits per heavy atom. The Balaban J connectivity index is 0. The van der Waals surface area contributed by atoms with Gasteiger partial charge in [-0.1, -0.05) is 0 Å². The maximum absolute atomic E-state index is 12.6. The molecule has 5 nitrogen and oxygen atoms in total. The van der Waals surface area contributed by atoms with Crippen molar-refractivity contribution in [3.8, 4) is 0 Å². The molecule has 0 spiro atoms. The number of hydrogen-bond acceptors (Lipinski definition) is 4. The summed E-state index contributed by atoms with van der Waals surface area (Å²) in [6, 6.07) is 0. The molecule has 0 heterocycles. The molecule has 0 aromatic carbocycles. The summed E-state index contributed by atoms with van der Waals surface area (Å²) >= 11 is 0. The lowest BCUT2D eigenvalue weighted by Gasteiger charge is -2.03. The third-order valence-corrected chi connectivity index (χ3v) is 1.80. The largest absolute Gasteiger partial charge is 0.480 e. The molecule has 76 valence electrons. The monoisotopic (exact) mass is 213 g/mol. The molecule has 1 aliphatic carbocycles. The van der Waals surface area contributed by atoms with Gasteiger partial charge in [-0.05, 0) is 6.92 Å². The van der Waals surface area contributed by atoms with Crippen molar-refractivity contribution in [3.05, 3.63) is 0 Å². The number of aliphatic carboxylic acids is 1. The van der Waals surface area contributed by atoms with Gasteiger partial charge in [0.15, 0.2) is 5.54 Å². The van der Waals surface area contributed by atoms with Gasteiger partial charge in [-0.2, -0.15) is 9.59 Å². The van der Waals surface area contributed by atoms with Crippen LogP contribution in [0.25, 0.3) is 0 Å². The first-order valence-electron chi connectivity index (χ1n) is 3.02. The number of halogens is 2. The molecule has 2 atom stereocenters. The molecule has 0 aromatic rings. The highest BCUT2D eigenvalue weighted by atomic mass is 35.5. The molecule has 0 aromatic heterocycles. The van der Waals surface area contributed by atoms with Crippen molar-refractivity contribution in [1.29, 1.82) is 0 Å². The van der Waals surface area contributed by atoms with E-state index in [0.717, 1.165) is 0 Å². The minimum absolute atomic E-state index is 0. The number of carboxylic acid groups (broad SMARTS) is 1. The Hall–Kier alpha value is -0.970. The highest BCUT2D eigenvalue weighted by Crippen LogP contribution is 2.48. The van der Waals surface area contributed by atoms with Gasteiger partial charge < -0.3 is 10.8 Å². The van der Waals surface area contributed by atoms with E-state index < -0.39 is 17.2 Å². The SMILES string of the molecule is C[C@]1(F)C[C@@]1(N)C(=O)O.Cl.O=C=O. The van der Waals surface area contributed by atoms with Crippen LogP contribution >= 0.6 is 12.4 Å². The Labute approximate surface area is 79.5 Å². The standard InChI is InChI=1S/C5H8FNO2.CO2.ClH/c1-4(6)2-5(4,7)3(8)9;2-1-3;/h2,7H2,1H3,(H,8,9);;1H/t4-,5+;;/m0../s1. The molecular formula is C6H9ClFNO4. The van der Waals surface area contributed by atoms with Crippen molar-refractivity contribution >= 4 is 24.5 Å². The van der Waals surface area contributed by atoms with Crippen molar-refractivity contribution in [2.24, 2.45) is 5.73 Å². The van der Waals surface area contributed by atoms with Gasteiger partial charge >= 0.3 is 12.1 Å². The van der Waals surface area contributed by atoms with Crippen LogP contribution in [-0.2, 0) is 14.4 Å². The van der Waals surface area contributed by atoms with E-state index in [1.807, 2.05) is 0 Å². The van der Waals surface area contributed by atoms with Crippen LogP contribution < -0.4 is 5.73 Å². The Morgan fingerprint density at radius 2 is 1.85 bits per heavy atom. The zero-order valence-electron chi connectivity index (χ0n) is 6.74. The second-order valence-corrected chi connectivity index (χ2v) is 2.73. The van der Waals surface area contributed by atoms with E-state index in [4.69, 9.17) is 20.4 Å². The van der Waals surface area contributed by atoms with Gasteiger partial charge in [0.05, 0.1) is 0 Å². The summed E-state index contributed by atoms with van der Waals surface area (Å²) in [6.45, 7) is 1.20. The summed E-state index contributed by atoms with van der Waals surface area (Å²) in [5.41, 5.74) is 1.79. The van der Waals surface area contributed by atoms with Crippen LogP contribution in [0.2, 0.25) is 0 Å². The molecule has 1 fully saturated rings. The smallest absolute Gasteiger partial charge is 0.373 e. The molecule has 1 rings (SSSR count). The predicted molar refractivity (Wildman–Crippen MR) is 40.9 cm³/mol. The number of carbonyl (C=O) groups is 1. The van der Waals surface area contributed by atoms with Crippen molar-refractivity contribution in [1.82, 2.24) is 0 Å². The van der Waals surface area contributed by atoms with Gasteiger partial charge in [0.1, 0.15) is 5.67 Å². The lowest BCUT2D eigenvalue weighted by Crippen LogP contribution is -2.39. The van der Waals surface area contributed by atoms with E-state index >= 15 is 0 Å². The molecule has 1 saturated carbocycles. The van der Waals surface area contributed by atoms with E-state index in [0.29, 0.717) is 0 Å². The summed E-state index contributed by atoms with van der Waals surface area (Å²) in [4.78, 5) is 26.4. The van der Waals surface area contributed by atoms with Crippen molar-refractivity contribution in [2.45, 2.75) is 24.6 Å². The van der Waals surface area contributed by atoms with Gasteiger partial charge in [-0.25, -0.2) is 4.39 Å². The first-order chi connectivity index (χ1) is 5.31. The summed E-state index contributed by atoms with van der Waals surface area (Å²) in [5, 5.41) is 8.28. The molecule has 13 heavy (non-hydrogen) atoms. The Kier molecular flexibility index (Phi) is 4.83. The lowest BCUT2D eigenvalue weighted by molar-refractivity contribution is -0.191. The van der Waals surface area contributed by atoms with E-state index in [1.165, 1.54) is 6.92 Å². The van der Waals surface area contributed by atoms with Gasteiger partial charge in [0, 0.05) is 6.42 Å². The Bertz CT molecular complexity index is 239. The first-order valence-corrected chi connectivity index (χ1v) is 3.02. The van der Waals surface area contributed by atoms with Gasteiger partial charge in [0.25, 0.3) is 0 Å². The predicted octanol–water partition coefficient (Wildman–Crippen LogP) is -0.261. The topological polar surface area (TPSA) is 97.5 Å². The van der Waals surface area contributed by atoms with E-state index in [1.54, 1.807) is 0 Å². The zero-order valence-corrected chi connectivity index (χ0v) is 7.56. The van der Waals surface area contributed by atoms with E-state index in [2.05, 4.69) is 0 Å². The third-order valence-electron chi connectivity index (χ3n) is 1.80. The van der Waals surface area contributed by atoms with Crippen molar-refractivity contribution in [3.63, 3.8) is 0 Å². The van der Waals surface area contributed by atoms with E-state index in [9.17, 15) is 9.18 Å². The van der Waals surface area contributed by atoms with Crippen LogP contribution in [0.1, 0.15) is 13.3 Å². The molecule has 0 bridgehead atoms. The summed E-state index contributed by atoms with van der Waals surface area (Å²) < 4.78 is 12.6. The molecule has 3 N–H and O–H groups in total. The highest BCUT2D eigenvalue weighted by molar-refractivity contribution is 5.85. The number of alkyl halides is 1. The van der Waals surface area contributed by atoms with Crippen LogP contribution in [-0.4, -0.2) is 28.4 Å². The minimum Gasteiger partial charge on any atom is -0.480 e. The van der Waals surface area contributed by atoms with Gasteiger partial charge in [-0.3, -0.25) is 4.79 Å². The lowest BCUT2D eigenvalue weighted by atomic mass is 10.2. The quantitative estimate of drug-likeness (QED) is 0.625. The normalized spacial score (nSPS) is 34.4. The molecule has 7 heteroatoms. The minimum atomic E-state index is -1.70. The third kappa shape index (κ3) is 2.77. The molecule has 0 aliphatic heterocycles. The maximum atomic E-state index is 12.6. The fraction of sp³-hybridized carbons (Fsp3) is 0.667. The maximum Gasteiger partial charge on any atom is 0.373 e. The molecule has 0 amide bonds. The molecule has 0 unspecified atom stereocenters.